The summed E-state index contributed by atoms with van der Waals surface area (Å²) in [6.07, 6.45) is 0. The lowest BCUT2D eigenvalue weighted by Crippen LogP contribution is -2.15. The summed E-state index contributed by atoms with van der Waals surface area (Å²) in [6.45, 7) is 2.65. The first kappa shape index (κ1) is 21.6. The molecular weight excluding hydrogens is 418 g/mol. The van der Waals surface area contributed by atoms with E-state index in [4.69, 9.17) is 20.9 Å². The van der Waals surface area contributed by atoms with Crippen molar-refractivity contribution in [1.29, 1.82) is 0 Å². The van der Waals surface area contributed by atoms with Crippen LogP contribution in [0.25, 0.3) is 0 Å². The first-order valence-corrected chi connectivity index (χ1v) is 9.33. The molecule has 0 aliphatic rings. The maximum atomic E-state index is 12.7. The third-order valence-corrected chi connectivity index (χ3v) is 4.62. The number of rotatable bonds is 7. The molecule has 2 aromatic carbocycles. The molecule has 1 amide bonds. The number of nitrogens with zero attached hydrogens (tertiary/aromatic N) is 1. The van der Waals surface area contributed by atoms with Crippen LogP contribution in [0.3, 0.4) is 0 Å². The molecule has 158 valence electrons. The summed E-state index contributed by atoms with van der Waals surface area (Å²) in [5, 5.41) is 6.36. The number of aromatic nitrogens is 1. The van der Waals surface area contributed by atoms with Crippen LogP contribution in [0.2, 0.25) is 5.02 Å². The minimum Gasteiger partial charge on any atom is -0.488 e. The number of benzene rings is 2. The number of carbonyl (C=O) groups excluding carboxylic acids is 1. The van der Waals surface area contributed by atoms with Crippen LogP contribution < -0.4 is 14.8 Å². The molecule has 0 saturated carbocycles. The molecular formula is C21H19ClF2N2O4. The van der Waals surface area contributed by atoms with Crippen molar-refractivity contribution in [2.45, 2.75) is 34.0 Å². The number of hydrogen-bond donors (Lipinski definition) is 1. The van der Waals surface area contributed by atoms with Crippen molar-refractivity contribution in [1.82, 2.24) is 5.16 Å². The quantitative estimate of drug-likeness (QED) is 0.515. The Labute approximate surface area is 176 Å². The average Bonchev–Trinajstić information content (AvgIpc) is 3.05. The van der Waals surface area contributed by atoms with Crippen molar-refractivity contribution in [2.24, 2.45) is 0 Å². The first-order chi connectivity index (χ1) is 14.2. The third kappa shape index (κ3) is 5.07. The van der Waals surface area contributed by atoms with Crippen molar-refractivity contribution >= 4 is 23.2 Å². The van der Waals surface area contributed by atoms with Gasteiger partial charge in [0.25, 0.3) is 5.91 Å². The molecule has 30 heavy (non-hydrogen) atoms. The number of carbonyl (C=O) groups is 1. The zero-order valence-electron chi connectivity index (χ0n) is 16.5. The van der Waals surface area contributed by atoms with Gasteiger partial charge in [-0.05, 0) is 56.2 Å². The van der Waals surface area contributed by atoms with E-state index in [9.17, 15) is 13.6 Å². The monoisotopic (exact) mass is 436 g/mol. The number of halogens is 3. The Morgan fingerprint density at radius 1 is 1.17 bits per heavy atom. The second-order valence-electron chi connectivity index (χ2n) is 6.60. The van der Waals surface area contributed by atoms with E-state index in [1.165, 1.54) is 18.2 Å². The molecule has 1 aromatic heterocycles. The molecule has 0 bridgehead atoms. The SMILES string of the molecule is Cc1ccc(C)c(OCc2c(C(=O)Nc3ccc(OC(F)F)c(Cl)c3)noc2C)c1. The lowest BCUT2D eigenvalue weighted by atomic mass is 10.1. The highest BCUT2D eigenvalue weighted by atomic mass is 35.5. The molecule has 0 spiro atoms. The number of nitrogens with one attached hydrogen (secondary N) is 1. The van der Waals surface area contributed by atoms with Crippen molar-refractivity contribution < 1.29 is 27.6 Å². The van der Waals surface area contributed by atoms with E-state index in [1.807, 2.05) is 32.0 Å². The minimum absolute atomic E-state index is 0.0573. The average molecular weight is 437 g/mol. The van der Waals surface area contributed by atoms with Gasteiger partial charge in [0.2, 0.25) is 0 Å². The van der Waals surface area contributed by atoms with E-state index in [2.05, 4.69) is 15.2 Å². The summed E-state index contributed by atoms with van der Waals surface area (Å²) in [6, 6.07) is 9.77. The zero-order valence-corrected chi connectivity index (χ0v) is 17.2. The van der Waals surface area contributed by atoms with Crippen LogP contribution in [-0.4, -0.2) is 17.7 Å². The van der Waals surface area contributed by atoms with Crippen LogP contribution in [0.5, 0.6) is 11.5 Å². The van der Waals surface area contributed by atoms with Gasteiger partial charge in [0, 0.05) is 5.69 Å². The first-order valence-electron chi connectivity index (χ1n) is 8.95. The summed E-state index contributed by atoms with van der Waals surface area (Å²) in [5.41, 5.74) is 2.85. The van der Waals surface area contributed by atoms with Crippen molar-refractivity contribution in [3.63, 3.8) is 0 Å². The van der Waals surface area contributed by atoms with Crippen LogP contribution in [0.4, 0.5) is 14.5 Å². The number of alkyl halides is 2. The van der Waals surface area contributed by atoms with Gasteiger partial charge in [0.1, 0.15) is 23.9 Å². The molecule has 1 N–H and O–H groups in total. The van der Waals surface area contributed by atoms with Crippen molar-refractivity contribution in [3.05, 3.63) is 69.6 Å². The smallest absolute Gasteiger partial charge is 0.387 e. The number of anilines is 1. The van der Waals surface area contributed by atoms with Gasteiger partial charge in [-0.25, -0.2) is 0 Å². The molecule has 0 saturated heterocycles. The fourth-order valence-corrected chi connectivity index (χ4v) is 2.94. The molecule has 0 unspecified atom stereocenters. The van der Waals surface area contributed by atoms with Gasteiger partial charge in [0.15, 0.2) is 5.69 Å². The topological polar surface area (TPSA) is 73.6 Å². The zero-order chi connectivity index (χ0) is 21.8. The maximum Gasteiger partial charge on any atom is 0.387 e. The highest BCUT2D eigenvalue weighted by Crippen LogP contribution is 2.29. The van der Waals surface area contributed by atoms with Crippen LogP contribution in [0.1, 0.15) is 32.9 Å². The van der Waals surface area contributed by atoms with E-state index in [-0.39, 0.29) is 28.8 Å². The highest BCUT2D eigenvalue weighted by Gasteiger charge is 2.21. The van der Waals surface area contributed by atoms with Crippen LogP contribution in [-0.2, 0) is 6.61 Å². The predicted octanol–water partition coefficient (Wildman–Crippen LogP) is 5.69. The van der Waals surface area contributed by atoms with Crippen molar-refractivity contribution in [2.75, 3.05) is 5.32 Å². The Bertz CT molecular complexity index is 1070. The second kappa shape index (κ2) is 9.13. The molecule has 0 aliphatic carbocycles. The third-order valence-electron chi connectivity index (χ3n) is 4.32. The summed E-state index contributed by atoms with van der Waals surface area (Å²) >= 11 is 5.92. The normalized spacial score (nSPS) is 10.9. The highest BCUT2D eigenvalue weighted by molar-refractivity contribution is 6.32. The Morgan fingerprint density at radius 2 is 1.93 bits per heavy atom. The Morgan fingerprint density at radius 3 is 2.63 bits per heavy atom. The number of ether oxygens (including phenoxy) is 2. The molecule has 0 aliphatic heterocycles. The summed E-state index contributed by atoms with van der Waals surface area (Å²) in [5.74, 6) is 0.405. The van der Waals surface area contributed by atoms with Crippen LogP contribution in [0.15, 0.2) is 40.9 Å². The molecule has 9 heteroatoms. The maximum absolute atomic E-state index is 12.7. The fourth-order valence-electron chi connectivity index (χ4n) is 2.71. The molecule has 3 aromatic rings. The van der Waals surface area contributed by atoms with E-state index in [0.29, 0.717) is 17.1 Å². The Kier molecular flexibility index (Phi) is 6.56. The van der Waals surface area contributed by atoms with Crippen LogP contribution >= 0.6 is 11.6 Å². The Balaban J connectivity index is 1.74. The van der Waals surface area contributed by atoms with Crippen molar-refractivity contribution in [3.8, 4) is 11.5 Å². The lowest BCUT2D eigenvalue weighted by Gasteiger charge is -2.11. The van der Waals surface area contributed by atoms with Gasteiger partial charge >= 0.3 is 6.61 Å². The molecule has 0 fully saturated rings. The minimum atomic E-state index is -3.00. The predicted molar refractivity (Wildman–Crippen MR) is 108 cm³/mol. The fraction of sp³-hybridized carbons (Fsp3) is 0.238. The summed E-state index contributed by atoms with van der Waals surface area (Å²) in [4.78, 5) is 12.7. The molecule has 1 heterocycles. The molecule has 6 nitrogen and oxygen atoms in total. The van der Waals surface area contributed by atoms with Gasteiger partial charge in [-0.3, -0.25) is 4.79 Å². The second-order valence-corrected chi connectivity index (χ2v) is 7.01. The van der Waals surface area contributed by atoms with Gasteiger partial charge in [-0.1, -0.05) is 28.9 Å². The largest absolute Gasteiger partial charge is 0.488 e. The van der Waals surface area contributed by atoms with Gasteiger partial charge < -0.3 is 19.3 Å². The van der Waals surface area contributed by atoms with E-state index < -0.39 is 12.5 Å². The molecule has 3 rings (SSSR count). The summed E-state index contributed by atoms with van der Waals surface area (Å²) < 4.78 is 40.0. The van der Waals surface area contributed by atoms with Crippen LogP contribution in [0, 0.1) is 20.8 Å². The van der Waals surface area contributed by atoms with E-state index >= 15 is 0 Å². The molecule has 0 atom stereocenters. The number of aryl methyl sites for hydroxylation is 3. The van der Waals surface area contributed by atoms with E-state index in [1.54, 1.807) is 6.92 Å². The van der Waals surface area contributed by atoms with Gasteiger partial charge in [0.05, 0.1) is 10.6 Å². The van der Waals surface area contributed by atoms with Gasteiger partial charge in [-0.2, -0.15) is 8.78 Å². The standard InChI is InChI=1S/C21H19ClF2N2O4/c1-11-4-5-12(2)18(8-11)28-10-15-13(3)30-26-19(15)20(27)25-14-6-7-17(16(22)9-14)29-21(23)24/h4-9,21H,10H2,1-3H3,(H,25,27). The van der Waals surface area contributed by atoms with Gasteiger partial charge in [-0.15, -0.1) is 0 Å². The van der Waals surface area contributed by atoms with E-state index in [0.717, 1.165) is 11.1 Å². The number of amides is 1. The lowest BCUT2D eigenvalue weighted by molar-refractivity contribution is -0.0497. The number of hydrogen-bond acceptors (Lipinski definition) is 5. The molecule has 0 radical (unpaired) electrons. The summed E-state index contributed by atoms with van der Waals surface area (Å²) in [7, 11) is 0. The Hall–Kier alpha value is -3.13.